The van der Waals surface area contributed by atoms with Crippen molar-refractivity contribution in [3.63, 3.8) is 0 Å². The molecule has 2 rings (SSSR count). The van der Waals surface area contributed by atoms with Crippen LogP contribution in [0.2, 0.25) is 5.02 Å². The van der Waals surface area contributed by atoms with Gasteiger partial charge in [-0.3, -0.25) is 14.9 Å². The Kier molecular flexibility index (Phi) is 5.94. The highest BCUT2D eigenvalue weighted by Gasteiger charge is 2.19. The molecular weight excluding hydrogens is 354 g/mol. The minimum absolute atomic E-state index is 0.0170. The second kappa shape index (κ2) is 7.94. The van der Waals surface area contributed by atoms with E-state index < -0.39 is 10.9 Å². The van der Waals surface area contributed by atoms with Crippen LogP contribution >= 0.6 is 23.4 Å². The fourth-order valence-corrected chi connectivity index (χ4v) is 2.78. The van der Waals surface area contributed by atoms with Crippen molar-refractivity contribution in [3.8, 4) is 0 Å². The lowest BCUT2D eigenvalue weighted by molar-refractivity contribution is -0.387. The van der Waals surface area contributed by atoms with Gasteiger partial charge in [0.2, 0.25) is 0 Å². The summed E-state index contributed by atoms with van der Waals surface area (Å²) in [6.45, 7) is 0.912. The number of nitrogens with zero attached hydrogens (tertiary/aromatic N) is 1. The van der Waals surface area contributed by atoms with Crippen molar-refractivity contribution in [2.75, 3.05) is 6.61 Å². The van der Waals surface area contributed by atoms with Crippen molar-refractivity contribution < 1.29 is 19.2 Å². The van der Waals surface area contributed by atoms with Gasteiger partial charge < -0.3 is 4.74 Å². The predicted molar refractivity (Wildman–Crippen MR) is 89.6 cm³/mol. The first-order valence-electron chi connectivity index (χ1n) is 6.75. The van der Waals surface area contributed by atoms with Gasteiger partial charge in [-0.25, -0.2) is 4.79 Å². The second-order valence-electron chi connectivity index (χ2n) is 4.77. The lowest BCUT2D eigenvalue weighted by atomic mass is 10.2. The van der Waals surface area contributed by atoms with Gasteiger partial charge in [0.05, 0.1) is 15.4 Å². The maximum absolute atomic E-state index is 11.8. The Balaban J connectivity index is 2.26. The van der Waals surface area contributed by atoms with Crippen LogP contribution in [0.1, 0.15) is 17.3 Å². The van der Waals surface area contributed by atoms with Gasteiger partial charge in [-0.1, -0.05) is 23.4 Å². The van der Waals surface area contributed by atoms with Gasteiger partial charge in [0, 0.05) is 16.0 Å². The summed E-state index contributed by atoms with van der Waals surface area (Å²) in [5, 5.41) is 11.8. The number of rotatable bonds is 6. The summed E-state index contributed by atoms with van der Waals surface area (Å²) in [6.07, 6.45) is 0. The van der Waals surface area contributed by atoms with E-state index in [9.17, 15) is 19.7 Å². The molecule has 0 N–H and O–H groups in total. The van der Waals surface area contributed by atoms with E-state index in [1.807, 2.05) is 0 Å². The van der Waals surface area contributed by atoms with Crippen LogP contribution in [0.3, 0.4) is 0 Å². The van der Waals surface area contributed by atoms with Crippen molar-refractivity contribution in [3.05, 3.63) is 63.2 Å². The highest BCUT2D eigenvalue weighted by atomic mass is 35.5. The molecule has 0 unspecified atom stereocenters. The topological polar surface area (TPSA) is 86.5 Å². The molecule has 2 aromatic rings. The predicted octanol–water partition coefficient (Wildman–Crippen LogP) is 4.15. The molecule has 0 bridgehead atoms. The number of nitro benzene ring substituents is 1. The molecule has 0 spiro atoms. The summed E-state index contributed by atoms with van der Waals surface area (Å²) >= 11 is 6.99. The number of nitro groups is 1. The Labute approximate surface area is 146 Å². The van der Waals surface area contributed by atoms with E-state index in [0.29, 0.717) is 9.92 Å². The van der Waals surface area contributed by atoms with Crippen LogP contribution in [-0.4, -0.2) is 23.3 Å². The van der Waals surface area contributed by atoms with E-state index >= 15 is 0 Å². The quantitative estimate of drug-likeness (QED) is 0.434. The van der Waals surface area contributed by atoms with E-state index in [2.05, 4.69) is 0 Å². The minimum Gasteiger partial charge on any atom is -0.454 e. The molecule has 0 amide bonds. The number of halogens is 1. The van der Waals surface area contributed by atoms with Gasteiger partial charge >= 0.3 is 5.97 Å². The third-order valence-corrected chi connectivity index (χ3v) is 4.16. The van der Waals surface area contributed by atoms with Crippen LogP contribution in [0.5, 0.6) is 0 Å². The Morgan fingerprint density at radius 1 is 1.21 bits per heavy atom. The van der Waals surface area contributed by atoms with Gasteiger partial charge in [-0.2, -0.15) is 0 Å². The Morgan fingerprint density at radius 2 is 1.88 bits per heavy atom. The maximum Gasteiger partial charge on any atom is 0.338 e. The largest absolute Gasteiger partial charge is 0.454 e. The summed E-state index contributed by atoms with van der Waals surface area (Å²) in [5.74, 6) is -1.09. The molecule has 124 valence electrons. The summed E-state index contributed by atoms with van der Waals surface area (Å²) in [6, 6.07) is 10.9. The number of carbonyl (C=O) groups excluding carboxylic acids is 2. The molecule has 8 heteroatoms. The first-order chi connectivity index (χ1) is 11.4. The lowest BCUT2D eigenvalue weighted by Gasteiger charge is -2.06. The average Bonchev–Trinajstić information content (AvgIpc) is 2.54. The smallest absolute Gasteiger partial charge is 0.338 e. The minimum atomic E-state index is -0.781. The summed E-state index contributed by atoms with van der Waals surface area (Å²) in [5.41, 5.74) is -0.198. The SMILES string of the molecule is CC(=O)COC(=O)c1ccc(Sc2ccc(Cl)cc2)c([N+](=O)[O-])c1. The van der Waals surface area contributed by atoms with E-state index in [0.717, 1.165) is 11.0 Å². The molecule has 0 atom stereocenters. The number of carbonyl (C=O) groups is 2. The molecule has 0 aliphatic carbocycles. The third-order valence-electron chi connectivity index (χ3n) is 2.84. The molecule has 6 nitrogen and oxygen atoms in total. The average molecular weight is 366 g/mol. The van der Waals surface area contributed by atoms with E-state index in [1.54, 1.807) is 24.3 Å². The second-order valence-corrected chi connectivity index (χ2v) is 6.33. The summed E-state index contributed by atoms with van der Waals surface area (Å²) in [4.78, 5) is 34.5. The first-order valence-corrected chi connectivity index (χ1v) is 7.94. The zero-order valence-corrected chi connectivity index (χ0v) is 14.1. The molecular formula is C16H12ClNO5S. The summed E-state index contributed by atoms with van der Waals surface area (Å²) < 4.78 is 4.76. The molecule has 2 aromatic carbocycles. The van der Waals surface area contributed by atoms with Crippen LogP contribution in [0.15, 0.2) is 52.3 Å². The Bertz CT molecular complexity index is 792. The van der Waals surface area contributed by atoms with Gasteiger partial charge in [-0.05, 0) is 43.3 Å². The fourth-order valence-electron chi connectivity index (χ4n) is 1.75. The van der Waals surface area contributed by atoms with E-state index in [1.165, 1.54) is 30.8 Å². The molecule has 0 aromatic heterocycles. The number of esters is 1. The normalized spacial score (nSPS) is 10.2. The fraction of sp³-hybridized carbons (Fsp3) is 0.125. The highest BCUT2D eigenvalue weighted by Crippen LogP contribution is 2.35. The van der Waals surface area contributed by atoms with Gasteiger partial charge in [-0.15, -0.1) is 0 Å². The van der Waals surface area contributed by atoms with Crippen molar-refractivity contribution in [1.29, 1.82) is 0 Å². The third kappa shape index (κ3) is 4.81. The number of hydrogen-bond acceptors (Lipinski definition) is 6. The number of ketones is 1. The zero-order valence-electron chi connectivity index (χ0n) is 12.5. The van der Waals surface area contributed by atoms with Crippen molar-refractivity contribution in [1.82, 2.24) is 0 Å². The van der Waals surface area contributed by atoms with Crippen LogP contribution in [-0.2, 0) is 9.53 Å². The standard InChI is InChI=1S/C16H12ClNO5S/c1-10(19)9-23-16(20)11-2-7-15(14(8-11)18(21)22)24-13-5-3-12(17)4-6-13/h2-8H,9H2,1H3. The van der Waals surface area contributed by atoms with E-state index in [-0.39, 0.29) is 23.6 Å². The number of benzene rings is 2. The van der Waals surface area contributed by atoms with Gasteiger partial charge in [0.25, 0.3) is 5.69 Å². The molecule has 0 aliphatic rings. The zero-order chi connectivity index (χ0) is 17.7. The van der Waals surface area contributed by atoms with Crippen molar-refractivity contribution in [2.24, 2.45) is 0 Å². The van der Waals surface area contributed by atoms with Gasteiger partial charge in [0.15, 0.2) is 5.78 Å². The molecule has 0 fully saturated rings. The number of ether oxygens (including phenoxy) is 1. The molecule has 24 heavy (non-hydrogen) atoms. The van der Waals surface area contributed by atoms with Crippen molar-refractivity contribution in [2.45, 2.75) is 16.7 Å². The maximum atomic E-state index is 11.8. The molecule has 0 heterocycles. The first kappa shape index (κ1) is 18.0. The number of Topliss-reactive ketones (excluding diaryl/α,β-unsaturated/α-hetero) is 1. The number of hydrogen-bond donors (Lipinski definition) is 0. The van der Waals surface area contributed by atoms with Crippen LogP contribution in [0.25, 0.3) is 0 Å². The summed E-state index contributed by atoms with van der Waals surface area (Å²) in [7, 11) is 0. The van der Waals surface area contributed by atoms with Crippen LogP contribution < -0.4 is 0 Å². The molecule has 0 aliphatic heterocycles. The Morgan fingerprint density at radius 3 is 2.46 bits per heavy atom. The van der Waals surface area contributed by atoms with Crippen molar-refractivity contribution >= 4 is 40.8 Å². The lowest BCUT2D eigenvalue weighted by Crippen LogP contribution is -2.11. The van der Waals surface area contributed by atoms with Crippen LogP contribution in [0, 0.1) is 10.1 Å². The highest BCUT2D eigenvalue weighted by molar-refractivity contribution is 7.99. The molecule has 0 saturated carbocycles. The van der Waals surface area contributed by atoms with Gasteiger partial charge in [0.1, 0.15) is 6.61 Å². The monoisotopic (exact) mass is 365 g/mol. The Hall–Kier alpha value is -2.38. The molecule has 0 saturated heterocycles. The molecule has 0 radical (unpaired) electrons. The van der Waals surface area contributed by atoms with E-state index in [4.69, 9.17) is 16.3 Å². The van der Waals surface area contributed by atoms with Crippen LogP contribution in [0.4, 0.5) is 5.69 Å².